The van der Waals surface area contributed by atoms with E-state index < -0.39 is 5.66 Å². The smallest absolute Gasteiger partial charge is 0.280 e. The van der Waals surface area contributed by atoms with Crippen molar-refractivity contribution in [2.24, 2.45) is 0 Å². The van der Waals surface area contributed by atoms with E-state index in [1.807, 2.05) is 102 Å². The summed E-state index contributed by atoms with van der Waals surface area (Å²) in [6.45, 7) is 0.415. The number of amides is 2. The van der Waals surface area contributed by atoms with Crippen LogP contribution in [0.5, 0.6) is 0 Å². The largest absolute Gasteiger partial charge is 0.321 e. The summed E-state index contributed by atoms with van der Waals surface area (Å²) in [5.41, 5.74) is 2.19. The zero-order chi connectivity index (χ0) is 21.6. The van der Waals surface area contributed by atoms with Gasteiger partial charge in [0, 0.05) is 25.3 Å². The van der Waals surface area contributed by atoms with Crippen LogP contribution >= 0.6 is 0 Å². The highest BCUT2D eigenvalue weighted by Crippen LogP contribution is 2.50. The Hall–Kier alpha value is -3.64. The molecule has 3 aromatic rings. The van der Waals surface area contributed by atoms with Gasteiger partial charge >= 0.3 is 0 Å². The van der Waals surface area contributed by atoms with Gasteiger partial charge in [-0.05, 0) is 23.8 Å². The molecule has 1 spiro atoms. The summed E-state index contributed by atoms with van der Waals surface area (Å²) in [6.07, 6.45) is 0.217. The van der Waals surface area contributed by atoms with Crippen molar-refractivity contribution in [3.8, 4) is 0 Å². The van der Waals surface area contributed by atoms with Gasteiger partial charge in [-0.1, -0.05) is 66.7 Å². The number of anilines is 2. The maximum absolute atomic E-state index is 13.9. The molecular weight excluding hydrogens is 388 g/mol. The SMILES string of the molecule is CN1C(=O)C2(c3ccccc31)N(c1ccccc1)CN(C)N2C(=O)Cc1ccccc1. The number of likely N-dealkylation sites (N-methyl/N-ethyl adjacent to an activating group) is 1. The van der Waals surface area contributed by atoms with Gasteiger partial charge < -0.3 is 9.80 Å². The Morgan fingerprint density at radius 3 is 2.19 bits per heavy atom. The molecule has 1 atom stereocenters. The molecule has 0 saturated carbocycles. The van der Waals surface area contributed by atoms with Crippen LogP contribution in [0.25, 0.3) is 0 Å². The maximum atomic E-state index is 13.9. The molecule has 5 rings (SSSR count). The zero-order valence-electron chi connectivity index (χ0n) is 17.6. The number of fused-ring (bicyclic) bond motifs is 2. The minimum absolute atomic E-state index is 0.120. The molecule has 156 valence electrons. The number of carbonyl (C=O) groups is 2. The highest BCUT2D eigenvalue weighted by Gasteiger charge is 2.64. The Kier molecular flexibility index (Phi) is 4.52. The Bertz CT molecular complexity index is 1130. The number of benzene rings is 3. The molecule has 6 heteroatoms. The first kappa shape index (κ1) is 19.3. The lowest BCUT2D eigenvalue weighted by atomic mass is 9.97. The lowest BCUT2D eigenvalue weighted by Gasteiger charge is -2.40. The van der Waals surface area contributed by atoms with Crippen LogP contribution in [0.3, 0.4) is 0 Å². The maximum Gasteiger partial charge on any atom is 0.280 e. The first-order valence-corrected chi connectivity index (χ1v) is 10.3. The quantitative estimate of drug-likeness (QED) is 0.663. The van der Waals surface area contributed by atoms with E-state index in [0.717, 1.165) is 22.5 Å². The topological polar surface area (TPSA) is 47.1 Å². The molecule has 0 bridgehead atoms. The zero-order valence-corrected chi connectivity index (χ0v) is 17.6. The molecule has 1 unspecified atom stereocenters. The average molecular weight is 412 g/mol. The summed E-state index contributed by atoms with van der Waals surface area (Å²) in [7, 11) is 3.64. The predicted molar refractivity (Wildman–Crippen MR) is 120 cm³/mol. The van der Waals surface area contributed by atoms with E-state index in [1.54, 1.807) is 17.0 Å². The van der Waals surface area contributed by atoms with E-state index >= 15 is 0 Å². The molecule has 2 aliphatic heterocycles. The Morgan fingerprint density at radius 1 is 0.871 bits per heavy atom. The molecule has 0 aromatic heterocycles. The van der Waals surface area contributed by atoms with E-state index in [9.17, 15) is 9.59 Å². The molecule has 0 radical (unpaired) electrons. The summed E-state index contributed by atoms with van der Waals surface area (Å²) >= 11 is 0. The van der Waals surface area contributed by atoms with Gasteiger partial charge in [0.25, 0.3) is 5.91 Å². The van der Waals surface area contributed by atoms with Gasteiger partial charge in [0.15, 0.2) is 0 Å². The number of carbonyl (C=O) groups excluding carboxylic acids is 2. The minimum Gasteiger partial charge on any atom is -0.321 e. The van der Waals surface area contributed by atoms with Crippen molar-refractivity contribution >= 4 is 23.2 Å². The van der Waals surface area contributed by atoms with Crippen LogP contribution in [0.2, 0.25) is 0 Å². The number of hydrogen-bond donors (Lipinski definition) is 0. The first-order valence-electron chi connectivity index (χ1n) is 10.3. The third kappa shape index (κ3) is 2.75. The highest BCUT2D eigenvalue weighted by molar-refractivity contribution is 6.11. The first-order chi connectivity index (χ1) is 15.0. The Morgan fingerprint density at radius 2 is 1.48 bits per heavy atom. The van der Waals surface area contributed by atoms with Gasteiger partial charge in [-0.25, -0.2) is 5.01 Å². The predicted octanol–water partition coefficient (Wildman–Crippen LogP) is 3.21. The van der Waals surface area contributed by atoms with Crippen LogP contribution in [0.15, 0.2) is 84.9 Å². The van der Waals surface area contributed by atoms with Crippen LogP contribution in [0, 0.1) is 0 Å². The van der Waals surface area contributed by atoms with E-state index in [0.29, 0.717) is 6.67 Å². The summed E-state index contributed by atoms with van der Waals surface area (Å²) < 4.78 is 0. The van der Waals surface area contributed by atoms with Crippen LogP contribution in [0.1, 0.15) is 11.1 Å². The Balaban J connectivity index is 1.69. The molecule has 3 aromatic carbocycles. The van der Waals surface area contributed by atoms with E-state index in [1.165, 1.54) is 0 Å². The van der Waals surface area contributed by atoms with E-state index in [4.69, 9.17) is 0 Å². The Labute approximate surface area is 181 Å². The van der Waals surface area contributed by atoms with Crippen molar-refractivity contribution in [1.82, 2.24) is 10.0 Å². The molecule has 0 N–H and O–H groups in total. The van der Waals surface area contributed by atoms with Gasteiger partial charge in [0.05, 0.1) is 18.8 Å². The van der Waals surface area contributed by atoms with Crippen LogP contribution in [-0.4, -0.2) is 42.6 Å². The fourth-order valence-corrected chi connectivity index (χ4v) is 4.81. The summed E-state index contributed by atoms with van der Waals surface area (Å²) in [4.78, 5) is 31.3. The van der Waals surface area contributed by atoms with Crippen molar-refractivity contribution in [3.05, 3.63) is 96.1 Å². The number of rotatable bonds is 3. The fraction of sp³-hybridized carbons (Fsp3) is 0.200. The van der Waals surface area contributed by atoms with Crippen LogP contribution in [0.4, 0.5) is 11.4 Å². The molecule has 0 aliphatic carbocycles. The molecule has 2 aliphatic rings. The number of para-hydroxylation sites is 2. The second kappa shape index (κ2) is 7.25. The monoisotopic (exact) mass is 412 g/mol. The average Bonchev–Trinajstić information content (AvgIpc) is 3.23. The van der Waals surface area contributed by atoms with Gasteiger partial charge in [0.2, 0.25) is 11.6 Å². The van der Waals surface area contributed by atoms with Crippen LogP contribution in [-0.2, 0) is 21.7 Å². The summed E-state index contributed by atoms with van der Waals surface area (Å²) in [6, 6.07) is 27.2. The standard InChI is InChI=1S/C25H24N4O2/c1-26-18-28(20-13-7-4-8-14-20)25(21-15-9-10-16-22(21)27(2)24(25)31)29(26)23(30)17-19-11-5-3-6-12-19/h3-16H,17-18H2,1-2H3. The molecular formula is C25H24N4O2. The van der Waals surface area contributed by atoms with E-state index in [2.05, 4.69) is 0 Å². The van der Waals surface area contributed by atoms with Gasteiger partial charge in [-0.15, -0.1) is 0 Å². The lowest BCUT2D eigenvalue weighted by molar-refractivity contribution is -0.158. The van der Waals surface area contributed by atoms with Crippen molar-refractivity contribution in [2.45, 2.75) is 12.1 Å². The van der Waals surface area contributed by atoms with Crippen molar-refractivity contribution < 1.29 is 9.59 Å². The molecule has 1 saturated heterocycles. The number of hydrazine groups is 1. The summed E-state index contributed by atoms with van der Waals surface area (Å²) in [5.74, 6) is -0.256. The number of hydrogen-bond acceptors (Lipinski definition) is 4. The second-order valence-corrected chi connectivity index (χ2v) is 7.98. The normalized spacial score (nSPS) is 20.6. The molecule has 1 fully saturated rings. The van der Waals surface area contributed by atoms with Crippen molar-refractivity contribution in [3.63, 3.8) is 0 Å². The minimum atomic E-state index is -1.26. The third-order valence-electron chi connectivity index (χ3n) is 6.13. The summed E-state index contributed by atoms with van der Waals surface area (Å²) in [5, 5.41) is 3.50. The van der Waals surface area contributed by atoms with Gasteiger partial charge in [-0.2, -0.15) is 5.01 Å². The fourth-order valence-electron chi connectivity index (χ4n) is 4.81. The lowest BCUT2D eigenvalue weighted by Crippen LogP contribution is -2.60. The molecule has 2 amide bonds. The molecule has 2 heterocycles. The van der Waals surface area contributed by atoms with Crippen molar-refractivity contribution in [1.29, 1.82) is 0 Å². The van der Waals surface area contributed by atoms with Gasteiger partial charge in [-0.3, -0.25) is 9.59 Å². The molecule has 31 heavy (non-hydrogen) atoms. The molecule has 6 nitrogen and oxygen atoms in total. The number of nitrogens with zero attached hydrogens (tertiary/aromatic N) is 4. The third-order valence-corrected chi connectivity index (χ3v) is 6.13. The highest BCUT2D eigenvalue weighted by atomic mass is 16.2. The van der Waals surface area contributed by atoms with Crippen molar-refractivity contribution in [2.75, 3.05) is 30.6 Å². The second-order valence-electron chi connectivity index (χ2n) is 7.98. The van der Waals surface area contributed by atoms with E-state index in [-0.39, 0.29) is 18.2 Å². The van der Waals surface area contributed by atoms with Crippen LogP contribution < -0.4 is 9.80 Å². The van der Waals surface area contributed by atoms with Gasteiger partial charge in [0.1, 0.15) is 0 Å².